The molecule has 0 aliphatic carbocycles. The van der Waals surface area contributed by atoms with Crippen molar-refractivity contribution >= 4 is 17.0 Å². The second-order valence-corrected chi connectivity index (χ2v) is 5.45. The number of hydrogen-bond donors (Lipinski definition) is 1. The first kappa shape index (κ1) is 15.9. The number of ether oxygens (including phenoxy) is 1. The molecule has 1 unspecified atom stereocenters. The van der Waals surface area contributed by atoms with E-state index < -0.39 is 11.8 Å². The quantitative estimate of drug-likeness (QED) is 0.782. The molecule has 1 heterocycles. The molecule has 1 aromatic heterocycles. The van der Waals surface area contributed by atoms with Crippen molar-refractivity contribution in [3.8, 4) is 5.75 Å². The fourth-order valence-electron chi connectivity index (χ4n) is 2.55. The zero-order chi connectivity index (χ0) is 17.1. The van der Waals surface area contributed by atoms with E-state index in [-0.39, 0.29) is 5.91 Å². The maximum absolute atomic E-state index is 12.4. The predicted octanol–water partition coefficient (Wildman–Crippen LogP) is 2.48. The molecule has 0 aliphatic heterocycles. The van der Waals surface area contributed by atoms with E-state index in [4.69, 9.17) is 9.15 Å². The van der Waals surface area contributed by atoms with Crippen molar-refractivity contribution in [1.29, 1.82) is 0 Å². The lowest BCUT2D eigenvalue weighted by atomic mass is 10.2. The van der Waals surface area contributed by atoms with Crippen molar-refractivity contribution < 1.29 is 13.9 Å². The summed E-state index contributed by atoms with van der Waals surface area (Å²) in [6.07, 6.45) is 0. The Kier molecular flexibility index (Phi) is 4.37. The van der Waals surface area contributed by atoms with Gasteiger partial charge in [0.1, 0.15) is 11.8 Å². The van der Waals surface area contributed by atoms with Crippen LogP contribution in [0.3, 0.4) is 0 Å². The van der Waals surface area contributed by atoms with Gasteiger partial charge in [0.25, 0.3) is 0 Å². The Labute approximate surface area is 138 Å². The predicted molar refractivity (Wildman–Crippen MR) is 90.0 cm³/mol. The van der Waals surface area contributed by atoms with Crippen LogP contribution in [-0.2, 0) is 11.3 Å². The number of carbonyl (C=O) groups is 1. The third-order valence-electron chi connectivity index (χ3n) is 3.91. The van der Waals surface area contributed by atoms with Gasteiger partial charge in [-0.05, 0) is 36.8 Å². The Morgan fingerprint density at radius 3 is 2.62 bits per heavy atom. The molecule has 0 fully saturated rings. The van der Waals surface area contributed by atoms with Gasteiger partial charge in [-0.2, -0.15) is 0 Å². The lowest BCUT2D eigenvalue weighted by Crippen LogP contribution is -2.34. The summed E-state index contributed by atoms with van der Waals surface area (Å²) >= 11 is 0. The van der Waals surface area contributed by atoms with Crippen LogP contribution in [-0.4, -0.2) is 17.6 Å². The van der Waals surface area contributed by atoms with Crippen LogP contribution in [0, 0.1) is 0 Å². The summed E-state index contributed by atoms with van der Waals surface area (Å²) in [6.45, 7) is 2.05. The number of methoxy groups -OCH3 is 1. The van der Waals surface area contributed by atoms with Gasteiger partial charge in [0.05, 0.1) is 12.6 Å². The Morgan fingerprint density at radius 1 is 1.21 bits per heavy atom. The Morgan fingerprint density at radius 2 is 1.92 bits per heavy atom. The SMILES string of the molecule is COc1ccc(CNC(=O)C(C)n2c(=O)oc3ccccc32)cc1. The Bertz CT molecular complexity index is 909. The number of nitrogens with one attached hydrogen (secondary N) is 1. The molecule has 24 heavy (non-hydrogen) atoms. The number of amides is 1. The third-order valence-corrected chi connectivity index (χ3v) is 3.91. The standard InChI is InChI=1S/C18H18N2O4/c1-12(20-15-5-3-4-6-16(15)24-18(20)22)17(21)19-11-13-7-9-14(23-2)10-8-13/h3-10,12H,11H2,1-2H3,(H,19,21). The molecule has 0 saturated heterocycles. The van der Waals surface area contributed by atoms with Crippen LogP contribution >= 0.6 is 0 Å². The van der Waals surface area contributed by atoms with Gasteiger partial charge in [-0.1, -0.05) is 24.3 Å². The Balaban J connectivity index is 1.74. The van der Waals surface area contributed by atoms with Crippen LogP contribution < -0.4 is 15.8 Å². The maximum atomic E-state index is 12.4. The van der Waals surface area contributed by atoms with Gasteiger partial charge in [-0.25, -0.2) is 4.79 Å². The molecule has 124 valence electrons. The summed E-state index contributed by atoms with van der Waals surface area (Å²) < 4.78 is 11.6. The van der Waals surface area contributed by atoms with Crippen molar-refractivity contribution in [1.82, 2.24) is 9.88 Å². The van der Waals surface area contributed by atoms with E-state index in [9.17, 15) is 9.59 Å². The number of hydrogen-bond acceptors (Lipinski definition) is 4. The van der Waals surface area contributed by atoms with E-state index in [2.05, 4.69) is 5.32 Å². The largest absolute Gasteiger partial charge is 0.497 e. The molecule has 1 atom stereocenters. The zero-order valence-corrected chi connectivity index (χ0v) is 13.5. The average molecular weight is 326 g/mol. The van der Waals surface area contributed by atoms with Crippen molar-refractivity contribution in [3.05, 3.63) is 64.6 Å². The minimum Gasteiger partial charge on any atom is -0.497 e. The molecule has 0 aliphatic rings. The van der Waals surface area contributed by atoms with Gasteiger partial charge in [0.2, 0.25) is 5.91 Å². The number of aromatic nitrogens is 1. The van der Waals surface area contributed by atoms with Crippen molar-refractivity contribution in [3.63, 3.8) is 0 Å². The molecule has 1 N–H and O–H groups in total. The highest BCUT2D eigenvalue weighted by Crippen LogP contribution is 2.17. The average Bonchev–Trinajstić information content (AvgIpc) is 2.95. The zero-order valence-electron chi connectivity index (χ0n) is 13.5. The second-order valence-electron chi connectivity index (χ2n) is 5.45. The number of nitrogens with zero attached hydrogens (tertiary/aromatic N) is 1. The van der Waals surface area contributed by atoms with Crippen LogP contribution in [0.2, 0.25) is 0 Å². The van der Waals surface area contributed by atoms with E-state index in [1.807, 2.05) is 24.3 Å². The number of rotatable bonds is 5. The highest BCUT2D eigenvalue weighted by atomic mass is 16.5. The first-order valence-corrected chi connectivity index (χ1v) is 7.61. The molecular formula is C18H18N2O4. The minimum absolute atomic E-state index is 0.250. The molecule has 1 amide bonds. The first-order chi connectivity index (χ1) is 11.6. The minimum atomic E-state index is -0.667. The van der Waals surface area contributed by atoms with E-state index in [1.165, 1.54) is 4.57 Å². The highest BCUT2D eigenvalue weighted by Gasteiger charge is 2.20. The number of para-hydroxylation sites is 2. The summed E-state index contributed by atoms with van der Waals surface area (Å²) in [4.78, 5) is 24.4. The van der Waals surface area contributed by atoms with E-state index >= 15 is 0 Å². The van der Waals surface area contributed by atoms with E-state index in [0.29, 0.717) is 17.6 Å². The summed E-state index contributed by atoms with van der Waals surface area (Å²) in [7, 11) is 1.60. The van der Waals surface area contributed by atoms with Gasteiger partial charge in [0, 0.05) is 6.54 Å². The second kappa shape index (κ2) is 6.62. The number of benzene rings is 2. The molecule has 2 aromatic carbocycles. The van der Waals surface area contributed by atoms with Crippen LogP contribution in [0.15, 0.2) is 57.7 Å². The van der Waals surface area contributed by atoms with Crippen molar-refractivity contribution in [2.45, 2.75) is 19.5 Å². The number of fused-ring (bicyclic) bond motifs is 1. The smallest absolute Gasteiger partial charge is 0.420 e. The summed E-state index contributed by atoms with van der Waals surface area (Å²) in [5.41, 5.74) is 2.02. The fourth-order valence-corrected chi connectivity index (χ4v) is 2.55. The lowest BCUT2D eigenvalue weighted by molar-refractivity contribution is -0.124. The number of carbonyl (C=O) groups excluding carboxylic acids is 1. The molecule has 0 radical (unpaired) electrons. The van der Waals surface area contributed by atoms with Crippen LogP contribution in [0.5, 0.6) is 5.75 Å². The maximum Gasteiger partial charge on any atom is 0.420 e. The molecule has 6 heteroatoms. The summed E-state index contributed by atoms with van der Waals surface area (Å²) in [5, 5.41) is 2.84. The third kappa shape index (κ3) is 3.03. The first-order valence-electron chi connectivity index (χ1n) is 7.61. The number of oxazole rings is 1. The monoisotopic (exact) mass is 326 g/mol. The highest BCUT2D eigenvalue weighted by molar-refractivity contribution is 5.82. The van der Waals surface area contributed by atoms with Gasteiger partial charge in [-0.15, -0.1) is 0 Å². The van der Waals surface area contributed by atoms with Crippen LogP contribution in [0.25, 0.3) is 11.1 Å². The fraction of sp³-hybridized carbons (Fsp3) is 0.222. The van der Waals surface area contributed by atoms with Crippen LogP contribution in [0.1, 0.15) is 18.5 Å². The molecule has 3 rings (SSSR count). The summed E-state index contributed by atoms with van der Waals surface area (Å²) in [6, 6.07) is 13.8. The molecule has 6 nitrogen and oxygen atoms in total. The van der Waals surface area contributed by atoms with Crippen molar-refractivity contribution in [2.24, 2.45) is 0 Å². The topological polar surface area (TPSA) is 73.5 Å². The summed E-state index contributed by atoms with van der Waals surface area (Å²) in [5.74, 6) is -0.0300. The van der Waals surface area contributed by atoms with Gasteiger partial charge < -0.3 is 14.5 Å². The molecule has 3 aromatic rings. The van der Waals surface area contributed by atoms with E-state index in [0.717, 1.165) is 11.3 Å². The van der Waals surface area contributed by atoms with Crippen LogP contribution in [0.4, 0.5) is 0 Å². The molecule has 0 saturated carbocycles. The normalized spacial score (nSPS) is 12.1. The van der Waals surface area contributed by atoms with Gasteiger partial charge in [-0.3, -0.25) is 9.36 Å². The molecule has 0 spiro atoms. The van der Waals surface area contributed by atoms with Gasteiger partial charge >= 0.3 is 5.76 Å². The van der Waals surface area contributed by atoms with Gasteiger partial charge in [0.15, 0.2) is 5.58 Å². The Hall–Kier alpha value is -3.02. The van der Waals surface area contributed by atoms with E-state index in [1.54, 1.807) is 38.3 Å². The lowest BCUT2D eigenvalue weighted by Gasteiger charge is -2.13. The molecule has 0 bridgehead atoms. The molecular weight excluding hydrogens is 308 g/mol. The van der Waals surface area contributed by atoms with Crippen molar-refractivity contribution in [2.75, 3.05) is 7.11 Å².